The van der Waals surface area contributed by atoms with Crippen LogP contribution in [0.2, 0.25) is 0 Å². The number of hydrogen-bond donors (Lipinski definition) is 0. The van der Waals surface area contributed by atoms with Crippen LogP contribution in [-0.2, 0) is 4.79 Å². The topological polar surface area (TPSA) is 37.4 Å². The number of carbonyl (C=O) groups is 2. The van der Waals surface area contributed by atoms with Gasteiger partial charge in [0.2, 0.25) is 0 Å². The Morgan fingerprint density at radius 1 is 1.40 bits per heavy atom. The van der Waals surface area contributed by atoms with E-state index >= 15 is 0 Å². The summed E-state index contributed by atoms with van der Waals surface area (Å²) in [6.45, 7) is 1.98. The fourth-order valence-corrected chi connectivity index (χ4v) is 2.94. The minimum absolute atomic E-state index is 0.208. The first-order chi connectivity index (χ1) is 7.09. The average Bonchev–Trinajstić information content (AvgIpc) is 2.69. The van der Waals surface area contributed by atoms with Crippen LogP contribution in [0.5, 0.6) is 0 Å². The second kappa shape index (κ2) is 3.83. The van der Waals surface area contributed by atoms with Crippen molar-refractivity contribution < 1.29 is 9.59 Å². The molecule has 1 aliphatic heterocycles. The van der Waals surface area contributed by atoms with E-state index < -0.39 is 0 Å². The molecule has 2 heterocycles. The molecule has 0 aromatic carbocycles. The summed E-state index contributed by atoms with van der Waals surface area (Å²) in [6, 6.07) is 1.99. The average molecular weight is 239 g/mol. The van der Waals surface area contributed by atoms with Gasteiger partial charge in [0.15, 0.2) is 0 Å². The Hall–Kier alpha value is -1.07. The van der Waals surface area contributed by atoms with E-state index in [1.54, 1.807) is 17.4 Å². The zero-order valence-electron chi connectivity index (χ0n) is 8.31. The van der Waals surface area contributed by atoms with Crippen LogP contribution in [0.3, 0.4) is 0 Å². The highest BCUT2D eigenvalue weighted by Crippen LogP contribution is 2.32. The fourth-order valence-electron chi connectivity index (χ4n) is 1.20. The van der Waals surface area contributed by atoms with Crippen LogP contribution in [0, 0.1) is 6.92 Å². The van der Waals surface area contributed by atoms with Gasteiger partial charge in [-0.25, -0.2) is 0 Å². The van der Waals surface area contributed by atoms with Crippen molar-refractivity contribution in [3.05, 3.63) is 26.8 Å². The Morgan fingerprint density at radius 3 is 2.60 bits per heavy atom. The number of thioether (sulfide) groups is 1. The van der Waals surface area contributed by atoms with E-state index in [4.69, 9.17) is 0 Å². The molecule has 0 saturated carbocycles. The number of hydrogen-bond acceptors (Lipinski definition) is 4. The number of likely N-dealkylation sites (N-methyl/N-ethyl adjacent to an activating group) is 1. The number of aryl methyl sites for hydroxylation is 1. The lowest BCUT2D eigenvalue weighted by molar-refractivity contribution is -0.121. The number of nitrogens with zero attached hydrogens (tertiary/aromatic N) is 1. The van der Waals surface area contributed by atoms with E-state index in [-0.39, 0.29) is 11.1 Å². The van der Waals surface area contributed by atoms with Gasteiger partial charge in [-0.05, 0) is 41.8 Å². The predicted molar refractivity (Wildman–Crippen MR) is 62.8 cm³/mol. The third kappa shape index (κ3) is 1.85. The molecule has 2 amide bonds. The molecule has 0 atom stereocenters. The highest BCUT2D eigenvalue weighted by atomic mass is 32.2. The maximum absolute atomic E-state index is 11.6. The Labute approximate surface area is 95.8 Å². The third-order valence-corrected chi connectivity index (χ3v) is 4.08. The van der Waals surface area contributed by atoms with Crippen molar-refractivity contribution in [2.45, 2.75) is 6.92 Å². The maximum atomic E-state index is 11.6. The smallest absolute Gasteiger partial charge is 0.272 e. The molecule has 5 heteroatoms. The molecule has 0 bridgehead atoms. The molecule has 0 radical (unpaired) electrons. The second-order valence-corrected chi connectivity index (χ2v) is 5.15. The van der Waals surface area contributed by atoms with Crippen molar-refractivity contribution in [1.29, 1.82) is 0 Å². The molecule has 1 aliphatic rings. The first-order valence-electron chi connectivity index (χ1n) is 4.35. The van der Waals surface area contributed by atoms with Gasteiger partial charge in [0, 0.05) is 11.9 Å². The van der Waals surface area contributed by atoms with Gasteiger partial charge in [-0.2, -0.15) is 0 Å². The summed E-state index contributed by atoms with van der Waals surface area (Å²) < 4.78 is 0. The maximum Gasteiger partial charge on any atom is 0.293 e. The van der Waals surface area contributed by atoms with E-state index in [2.05, 4.69) is 0 Å². The van der Waals surface area contributed by atoms with Gasteiger partial charge in [0.05, 0.1) is 4.91 Å². The summed E-state index contributed by atoms with van der Waals surface area (Å²) in [5, 5.41) is 1.76. The van der Waals surface area contributed by atoms with Crippen molar-refractivity contribution in [2.75, 3.05) is 7.05 Å². The standard InChI is InChI=1S/C10H9NO2S2/c1-6-3-4-14-7(6)5-8-9(12)11(2)10(13)15-8/h3-5H,1-2H3. The van der Waals surface area contributed by atoms with E-state index in [1.807, 2.05) is 18.4 Å². The minimum atomic E-state index is -0.210. The number of thiophene rings is 1. The molecular formula is C10H9NO2S2. The third-order valence-electron chi connectivity index (χ3n) is 2.15. The summed E-state index contributed by atoms with van der Waals surface area (Å²) >= 11 is 2.56. The largest absolute Gasteiger partial charge is 0.293 e. The fraction of sp³-hybridized carbons (Fsp3) is 0.200. The van der Waals surface area contributed by atoms with E-state index in [9.17, 15) is 9.59 Å². The first kappa shape index (κ1) is 10.4. The minimum Gasteiger partial charge on any atom is -0.272 e. The Bertz CT molecular complexity index is 462. The molecule has 15 heavy (non-hydrogen) atoms. The first-order valence-corrected chi connectivity index (χ1v) is 6.05. The molecule has 1 saturated heterocycles. The van der Waals surface area contributed by atoms with Crippen molar-refractivity contribution in [2.24, 2.45) is 0 Å². The molecule has 0 N–H and O–H groups in total. The monoisotopic (exact) mass is 239 g/mol. The van der Waals surface area contributed by atoms with E-state index in [1.165, 1.54) is 7.05 Å². The molecule has 2 rings (SSSR count). The zero-order valence-corrected chi connectivity index (χ0v) is 9.95. The van der Waals surface area contributed by atoms with Crippen LogP contribution in [0.4, 0.5) is 4.79 Å². The van der Waals surface area contributed by atoms with Crippen LogP contribution in [-0.4, -0.2) is 23.1 Å². The quantitative estimate of drug-likeness (QED) is 0.707. The molecule has 1 fully saturated rings. The molecule has 0 unspecified atom stereocenters. The Kier molecular flexibility index (Phi) is 2.67. The summed E-state index contributed by atoms with van der Waals surface area (Å²) in [6.07, 6.45) is 1.79. The normalized spacial score (nSPS) is 19.3. The number of carbonyl (C=O) groups excluding carboxylic acids is 2. The highest BCUT2D eigenvalue weighted by molar-refractivity contribution is 8.18. The van der Waals surface area contributed by atoms with Gasteiger partial charge in [-0.1, -0.05) is 0 Å². The Morgan fingerprint density at radius 2 is 2.13 bits per heavy atom. The lowest BCUT2D eigenvalue weighted by Gasteiger charge is -2.00. The SMILES string of the molecule is Cc1ccsc1C=C1SC(=O)N(C)C1=O. The summed E-state index contributed by atoms with van der Waals surface area (Å²) in [5.74, 6) is -0.210. The lowest BCUT2D eigenvalue weighted by Crippen LogP contribution is -2.22. The summed E-state index contributed by atoms with van der Waals surface area (Å²) in [7, 11) is 1.50. The van der Waals surface area contributed by atoms with Gasteiger partial charge in [-0.3, -0.25) is 14.5 Å². The number of imide groups is 1. The van der Waals surface area contributed by atoms with Gasteiger partial charge in [0.25, 0.3) is 11.1 Å². The van der Waals surface area contributed by atoms with Crippen LogP contribution >= 0.6 is 23.1 Å². The van der Waals surface area contributed by atoms with Crippen LogP contribution in [0.15, 0.2) is 16.4 Å². The molecule has 1 aromatic rings. The predicted octanol–water partition coefficient (Wildman–Crippen LogP) is 2.72. The van der Waals surface area contributed by atoms with Gasteiger partial charge >= 0.3 is 0 Å². The van der Waals surface area contributed by atoms with Crippen LogP contribution in [0.1, 0.15) is 10.4 Å². The van der Waals surface area contributed by atoms with Crippen molar-refractivity contribution in [1.82, 2.24) is 4.90 Å². The van der Waals surface area contributed by atoms with E-state index in [0.717, 1.165) is 27.1 Å². The lowest BCUT2D eigenvalue weighted by atomic mass is 10.3. The van der Waals surface area contributed by atoms with Crippen molar-refractivity contribution in [3.63, 3.8) is 0 Å². The van der Waals surface area contributed by atoms with Crippen LogP contribution in [0.25, 0.3) is 6.08 Å². The molecular weight excluding hydrogens is 230 g/mol. The molecule has 3 nitrogen and oxygen atoms in total. The van der Waals surface area contributed by atoms with Gasteiger partial charge < -0.3 is 0 Å². The molecule has 78 valence electrons. The van der Waals surface area contributed by atoms with Crippen molar-refractivity contribution in [3.8, 4) is 0 Å². The van der Waals surface area contributed by atoms with Crippen molar-refractivity contribution >= 4 is 40.3 Å². The number of amides is 2. The highest BCUT2D eigenvalue weighted by Gasteiger charge is 2.31. The Balaban J connectivity index is 2.34. The molecule has 1 aromatic heterocycles. The van der Waals surface area contributed by atoms with E-state index in [0.29, 0.717) is 4.91 Å². The van der Waals surface area contributed by atoms with Gasteiger partial charge in [0.1, 0.15) is 0 Å². The second-order valence-electron chi connectivity index (χ2n) is 3.21. The zero-order chi connectivity index (χ0) is 11.0. The summed E-state index contributed by atoms with van der Waals surface area (Å²) in [5.41, 5.74) is 1.13. The van der Waals surface area contributed by atoms with Gasteiger partial charge in [-0.15, -0.1) is 11.3 Å². The molecule has 0 spiro atoms. The van der Waals surface area contributed by atoms with Crippen LogP contribution < -0.4 is 0 Å². The summed E-state index contributed by atoms with van der Waals surface area (Å²) in [4.78, 5) is 25.5. The number of rotatable bonds is 1. The molecule has 0 aliphatic carbocycles.